The van der Waals surface area contributed by atoms with Crippen LogP contribution in [0, 0.1) is 17.2 Å². The smallest absolute Gasteiger partial charge is 0.303 e. The van der Waals surface area contributed by atoms with E-state index in [1.807, 2.05) is 18.2 Å². The van der Waals surface area contributed by atoms with Crippen LogP contribution in [0.2, 0.25) is 0 Å². The van der Waals surface area contributed by atoms with Crippen molar-refractivity contribution in [2.75, 3.05) is 0 Å². The molecule has 2 aliphatic rings. The number of hydrogen-bond acceptors (Lipinski definition) is 3. The molecule has 0 saturated carbocycles. The van der Waals surface area contributed by atoms with Gasteiger partial charge in [-0.05, 0) is 49.3 Å². The van der Waals surface area contributed by atoms with Crippen LogP contribution >= 0.6 is 0 Å². The van der Waals surface area contributed by atoms with Gasteiger partial charge in [0, 0.05) is 25.0 Å². The molecule has 4 heteroatoms. The summed E-state index contributed by atoms with van der Waals surface area (Å²) in [6.07, 6.45) is 4.67. The number of fused-ring (bicyclic) bond motifs is 2. The van der Waals surface area contributed by atoms with Crippen LogP contribution in [-0.2, 0) is 11.3 Å². The standard InChI is InChI=1S/C17H20N2O2/c18-10-12-2-1-3-13(6-12)11-19-15-4-5-16(19)8-14(7-15)9-17(20)21/h1-3,6,14-16H,4-5,7-9,11H2,(H,20,21). The molecule has 3 rings (SSSR count). The second kappa shape index (κ2) is 5.87. The summed E-state index contributed by atoms with van der Waals surface area (Å²) in [4.78, 5) is 13.4. The molecule has 0 aromatic heterocycles. The summed E-state index contributed by atoms with van der Waals surface area (Å²) in [5, 5.41) is 18.0. The molecule has 2 aliphatic heterocycles. The van der Waals surface area contributed by atoms with Crippen molar-refractivity contribution in [2.24, 2.45) is 5.92 Å². The molecule has 1 aromatic carbocycles. The lowest BCUT2D eigenvalue weighted by Crippen LogP contribution is -2.42. The lowest BCUT2D eigenvalue weighted by atomic mass is 9.88. The maximum absolute atomic E-state index is 10.9. The molecule has 2 heterocycles. The predicted octanol–water partition coefficient (Wildman–Crippen LogP) is 2.78. The van der Waals surface area contributed by atoms with Gasteiger partial charge in [0.2, 0.25) is 0 Å². The molecule has 0 radical (unpaired) electrons. The molecule has 0 amide bonds. The minimum Gasteiger partial charge on any atom is -0.481 e. The van der Waals surface area contributed by atoms with E-state index >= 15 is 0 Å². The van der Waals surface area contributed by atoms with E-state index < -0.39 is 5.97 Å². The van der Waals surface area contributed by atoms with Gasteiger partial charge >= 0.3 is 5.97 Å². The average molecular weight is 284 g/mol. The van der Waals surface area contributed by atoms with Crippen LogP contribution in [-0.4, -0.2) is 28.1 Å². The van der Waals surface area contributed by atoms with Crippen molar-refractivity contribution in [3.8, 4) is 6.07 Å². The molecule has 0 aliphatic carbocycles. The largest absolute Gasteiger partial charge is 0.481 e. The third-order valence-electron chi connectivity index (χ3n) is 4.87. The average Bonchev–Trinajstić information content (AvgIpc) is 2.70. The first-order valence-corrected chi connectivity index (χ1v) is 7.62. The molecule has 2 bridgehead atoms. The fourth-order valence-electron chi connectivity index (χ4n) is 4.01. The van der Waals surface area contributed by atoms with Gasteiger partial charge in [-0.1, -0.05) is 12.1 Å². The maximum atomic E-state index is 10.9. The SMILES string of the molecule is N#Cc1cccc(CN2C3CCC2CC(CC(=O)O)C3)c1. The van der Waals surface area contributed by atoms with Gasteiger partial charge in [-0.15, -0.1) is 0 Å². The number of hydrogen-bond donors (Lipinski definition) is 1. The highest BCUT2D eigenvalue weighted by atomic mass is 16.4. The second-order valence-electron chi connectivity index (χ2n) is 6.30. The zero-order valence-corrected chi connectivity index (χ0v) is 12.0. The Morgan fingerprint density at radius 1 is 1.33 bits per heavy atom. The molecule has 1 N–H and O–H groups in total. The number of nitriles is 1. The summed E-state index contributed by atoms with van der Waals surface area (Å²) in [6.45, 7) is 0.880. The first-order chi connectivity index (χ1) is 10.2. The van der Waals surface area contributed by atoms with Gasteiger partial charge in [0.05, 0.1) is 11.6 Å². The molecule has 2 unspecified atom stereocenters. The molecular weight excluding hydrogens is 264 g/mol. The van der Waals surface area contributed by atoms with E-state index in [2.05, 4.69) is 17.0 Å². The summed E-state index contributed by atoms with van der Waals surface area (Å²) in [7, 11) is 0. The first-order valence-electron chi connectivity index (χ1n) is 7.62. The molecule has 0 spiro atoms. The highest BCUT2D eigenvalue weighted by Gasteiger charge is 2.40. The first kappa shape index (κ1) is 14.1. The van der Waals surface area contributed by atoms with Gasteiger partial charge in [0.15, 0.2) is 0 Å². The van der Waals surface area contributed by atoms with Crippen LogP contribution < -0.4 is 0 Å². The number of nitrogens with zero attached hydrogens (tertiary/aromatic N) is 2. The van der Waals surface area contributed by atoms with Crippen molar-refractivity contribution in [2.45, 2.75) is 50.7 Å². The molecule has 4 nitrogen and oxygen atoms in total. The van der Waals surface area contributed by atoms with Crippen molar-refractivity contribution in [1.29, 1.82) is 5.26 Å². The minimum absolute atomic E-state index is 0.310. The van der Waals surface area contributed by atoms with Crippen molar-refractivity contribution in [3.05, 3.63) is 35.4 Å². The summed E-state index contributed by atoms with van der Waals surface area (Å²) < 4.78 is 0. The summed E-state index contributed by atoms with van der Waals surface area (Å²) in [5.74, 6) is -0.337. The maximum Gasteiger partial charge on any atom is 0.303 e. The Balaban J connectivity index is 1.68. The van der Waals surface area contributed by atoms with E-state index in [0.29, 0.717) is 30.0 Å². The Kier molecular flexibility index (Phi) is 3.94. The molecule has 110 valence electrons. The van der Waals surface area contributed by atoms with Gasteiger partial charge in [0.1, 0.15) is 0 Å². The van der Waals surface area contributed by atoms with Crippen LogP contribution in [0.15, 0.2) is 24.3 Å². The monoisotopic (exact) mass is 284 g/mol. The van der Waals surface area contributed by atoms with Crippen LogP contribution in [0.5, 0.6) is 0 Å². The second-order valence-corrected chi connectivity index (χ2v) is 6.30. The van der Waals surface area contributed by atoms with Crippen molar-refractivity contribution < 1.29 is 9.90 Å². The van der Waals surface area contributed by atoms with E-state index in [0.717, 1.165) is 19.4 Å². The van der Waals surface area contributed by atoms with Crippen LogP contribution in [0.1, 0.15) is 43.2 Å². The molecule has 21 heavy (non-hydrogen) atoms. The highest BCUT2D eigenvalue weighted by molar-refractivity contribution is 5.67. The van der Waals surface area contributed by atoms with E-state index in [4.69, 9.17) is 10.4 Å². The van der Waals surface area contributed by atoms with Crippen molar-refractivity contribution in [1.82, 2.24) is 4.90 Å². The van der Waals surface area contributed by atoms with Crippen molar-refractivity contribution >= 4 is 5.97 Å². The summed E-state index contributed by atoms with van der Waals surface area (Å²) >= 11 is 0. The molecule has 1 aromatic rings. The quantitative estimate of drug-likeness (QED) is 0.923. The summed E-state index contributed by atoms with van der Waals surface area (Å²) in [6, 6.07) is 11.0. The zero-order valence-electron chi connectivity index (χ0n) is 12.0. The fourth-order valence-corrected chi connectivity index (χ4v) is 4.01. The van der Waals surface area contributed by atoms with Gasteiger partial charge in [-0.25, -0.2) is 0 Å². The van der Waals surface area contributed by atoms with E-state index in [1.165, 1.54) is 18.4 Å². The third-order valence-corrected chi connectivity index (χ3v) is 4.87. The Morgan fingerprint density at radius 3 is 2.67 bits per heavy atom. The number of carbonyl (C=O) groups is 1. The third kappa shape index (κ3) is 3.08. The molecule has 2 saturated heterocycles. The molecule has 2 fully saturated rings. The van der Waals surface area contributed by atoms with Crippen LogP contribution in [0.3, 0.4) is 0 Å². The number of benzene rings is 1. The van der Waals surface area contributed by atoms with Crippen molar-refractivity contribution in [3.63, 3.8) is 0 Å². The zero-order chi connectivity index (χ0) is 14.8. The molecular formula is C17H20N2O2. The summed E-state index contributed by atoms with van der Waals surface area (Å²) in [5.41, 5.74) is 1.89. The lowest BCUT2D eigenvalue weighted by Gasteiger charge is -2.38. The van der Waals surface area contributed by atoms with Crippen LogP contribution in [0.25, 0.3) is 0 Å². The van der Waals surface area contributed by atoms with Crippen LogP contribution in [0.4, 0.5) is 0 Å². The van der Waals surface area contributed by atoms with Gasteiger partial charge < -0.3 is 5.11 Å². The lowest BCUT2D eigenvalue weighted by molar-refractivity contribution is -0.138. The Bertz CT molecular complexity index is 564. The number of aliphatic carboxylic acids is 1. The normalized spacial score (nSPS) is 28.2. The van der Waals surface area contributed by atoms with Gasteiger partial charge in [-0.3, -0.25) is 9.69 Å². The number of carboxylic acid groups (broad SMARTS) is 1. The number of rotatable bonds is 4. The van der Waals surface area contributed by atoms with E-state index in [9.17, 15) is 4.79 Å². The Morgan fingerprint density at radius 2 is 2.05 bits per heavy atom. The Labute approximate surface area is 125 Å². The Hall–Kier alpha value is -1.86. The van der Waals surface area contributed by atoms with E-state index in [-0.39, 0.29) is 0 Å². The van der Waals surface area contributed by atoms with Gasteiger partial charge in [-0.2, -0.15) is 5.26 Å². The molecule has 2 atom stereocenters. The number of carboxylic acids is 1. The minimum atomic E-state index is -0.672. The van der Waals surface area contributed by atoms with Gasteiger partial charge in [0.25, 0.3) is 0 Å². The number of piperidine rings is 1. The highest BCUT2D eigenvalue weighted by Crippen LogP contribution is 2.40. The fraction of sp³-hybridized carbons (Fsp3) is 0.529. The topological polar surface area (TPSA) is 64.3 Å². The van der Waals surface area contributed by atoms with E-state index in [1.54, 1.807) is 0 Å². The predicted molar refractivity (Wildman–Crippen MR) is 78.5 cm³/mol.